The molecule has 0 rings (SSSR count). The van der Waals surface area contributed by atoms with Crippen molar-refractivity contribution in [2.24, 2.45) is 5.92 Å². The summed E-state index contributed by atoms with van der Waals surface area (Å²) in [6.07, 6.45) is 35.8. The van der Waals surface area contributed by atoms with Crippen molar-refractivity contribution in [1.29, 1.82) is 0 Å². The van der Waals surface area contributed by atoms with Gasteiger partial charge in [-0.2, -0.15) is 0 Å². The standard InChI is InChI=1S/C39H76O5/c1-4-6-7-8-9-10-11-12-13-14-15-16-20-23-26-29-32-38(41)43-34-37(40)35-44-39(42)33-30-27-24-21-18-17-19-22-25-28-31-36(3)5-2/h36-37,40H,4-35H2,1-3H3/t36?,37-/m1/s1. The largest absolute Gasteiger partial charge is 0.463 e. The first-order valence-corrected chi connectivity index (χ1v) is 19.5. The van der Waals surface area contributed by atoms with E-state index in [4.69, 9.17) is 9.47 Å². The molecule has 0 spiro atoms. The number of aliphatic hydroxyl groups excluding tert-OH is 1. The van der Waals surface area contributed by atoms with E-state index < -0.39 is 6.10 Å². The Morgan fingerprint density at radius 3 is 1.09 bits per heavy atom. The van der Waals surface area contributed by atoms with E-state index >= 15 is 0 Å². The van der Waals surface area contributed by atoms with Crippen LogP contribution in [0.5, 0.6) is 0 Å². The SMILES string of the molecule is CCCCCCCCCCCCCCCCCCC(=O)OC[C@@H](O)COC(=O)CCCCCCCCCCCCC(C)CC. The summed E-state index contributed by atoms with van der Waals surface area (Å²) in [4.78, 5) is 23.9. The molecule has 44 heavy (non-hydrogen) atoms. The predicted molar refractivity (Wildman–Crippen MR) is 187 cm³/mol. The molecule has 2 atom stereocenters. The summed E-state index contributed by atoms with van der Waals surface area (Å²) in [6.45, 7) is 6.69. The van der Waals surface area contributed by atoms with Crippen LogP contribution in [0.4, 0.5) is 0 Å². The van der Waals surface area contributed by atoms with Crippen LogP contribution in [-0.4, -0.2) is 36.4 Å². The fraction of sp³-hybridized carbons (Fsp3) is 0.949. The number of aliphatic hydroxyl groups is 1. The lowest BCUT2D eigenvalue weighted by molar-refractivity contribution is -0.152. The van der Waals surface area contributed by atoms with E-state index in [2.05, 4.69) is 20.8 Å². The summed E-state index contributed by atoms with van der Waals surface area (Å²) >= 11 is 0. The van der Waals surface area contributed by atoms with Gasteiger partial charge in [0.2, 0.25) is 0 Å². The summed E-state index contributed by atoms with van der Waals surface area (Å²) in [7, 11) is 0. The van der Waals surface area contributed by atoms with Gasteiger partial charge >= 0.3 is 11.9 Å². The van der Waals surface area contributed by atoms with Gasteiger partial charge in [-0.25, -0.2) is 0 Å². The maximum atomic E-state index is 12.0. The van der Waals surface area contributed by atoms with Gasteiger partial charge in [-0.3, -0.25) is 9.59 Å². The van der Waals surface area contributed by atoms with Crippen LogP contribution in [0.25, 0.3) is 0 Å². The molecule has 5 nitrogen and oxygen atoms in total. The molecule has 0 radical (unpaired) electrons. The lowest BCUT2D eigenvalue weighted by atomic mass is 9.99. The highest BCUT2D eigenvalue weighted by Crippen LogP contribution is 2.16. The Labute approximate surface area is 274 Å². The zero-order chi connectivity index (χ0) is 32.4. The van der Waals surface area contributed by atoms with Crippen LogP contribution in [0.15, 0.2) is 0 Å². The smallest absolute Gasteiger partial charge is 0.305 e. The lowest BCUT2D eigenvalue weighted by Crippen LogP contribution is -2.25. The molecule has 262 valence electrons. The molecule has 1 N–H and O–H groups in total. The zero-order valence-electron chi connectivity index (χ0n) is 29.9. The van der Waals surface area contributed by atoms with Crippen LogP contribution in [0.2, 0.25) is 0 Å². The van der Waals surface area contributed by atoms with E-state index in [0.717, 1.165) is 31.6 Å². The highest BCUT2D eigenvalue weighted by Gasteiger charge is 2.12. The molecule has 0 bridgehead atoms. The average molecular weight is 625 g/mol. The van der Waals surface area contributed by atoms with E-state index in [1.165, 1.54) is 154 Å². The number of esters is 2. The average Bonchev–Trinajstić information content (AvgIpc) is 3.02. The molecule has 1 unspecified atom stereocenters. The van der Waals surface area contributed by atoms with Crippen molar-refractivity contribution in [1.82, 2.24) is 0 Å². The van der Waals surface area contributed by atoms with Gasteiger partial charge in [0.05, 0.1) is 0 Å². The third-order valence-corrected chi connectivity index (χ3v) is 9.13. The Balaban J connectivity index is 3.39. The Bertz CT molecular complexity index is 607. The molecule has 0 saturated heterocycles. The van der Waals surface area contributed by atoms with Crippen LogP contribution in [0.1, 0.15) is 213 Å². The summed E-state index contributed by atoms with van der Waals surface area (Å²) in [5.74, 6) is 0.327. The molecule has 0 aliphatic carbocycles. The van der Waals surface area contributed by atoms with Crippen LogP contribution in [0, 0.1) is 5.92 Å². The fourth-order valence-electron chi connectivity index (χ4n) is 5.77. The number of hydrogen-bond donors (Lipinski definition) is 1. The van der Waals surface area contributed by atoms with Gasteiger partial charge in [0.25, 0.3) is 0 Å². The Hall–Kier alpha value is -1.10. The molecule has 0 fully saturated rings. The normalized spacial score (nSPS) is 12.7. The van der Waals surface area contributed by atoms with Gasteiger partial charge in [-0.15, -0.1) is 0 Å². The summed E-state index contributed by atoms with van der Waals surface area (Å²) in [5.41, 5.74) is 0. The van der Waals surface area contributed by atoms with Crippen LogP contribution in [-0.2, 0) is 19.1 Å². The molecule has 5 heteroatoms. The second kappa shape index (κ2) is 34.8. The van der Waals surface area contributed by atoms with Crippen molar-refractivity contribution >= 4 is 11.9 Å². The van der Waals surface area contributed by atoms with Crippen molar-refractivity contribution in [3.8, 4) is 0 Å². The molecule has 0 aromatic carbocycles. The topological polar surface area (TPSA) is 72.8 Å². The van der Waals surface area contributed by atoms with Crippen molar-refractivity contribution in [2.75, 3.05) is 13.2 Å². The Morgan fingerprint density at radius 2 is 0.773 bits per heavy atom. The first-order chi connectivity index (χ1) is 21.5. The lowest BCUT2D eigenvalue weighted by Gasteiger charge is -2.12. The number of unbranched alkanes of at least 4 members (excludes halogenated alkanes) is 24. The van der Waals surface area contributed by atoms with Crippen LogP contribution >= 0.6 is 0 Å². The molecule has 0 amide bonds. The first-order valence-electron chi connectivity index (χ1n) is 19.5. The van der Waals surface area contributed by atoms with Gasteiger partial charge in [-0.05, 0) is 18.8 Å². The second-order valence-electron chi connectivity index (χ2n) is 13.7. The van der Waals surface area contributed by atoms with Gasteiger partial charge in [0.1, 0.15) is 19.3 Å². The third kappa shape index (κ3) is 33.8. The van der Waals surface area contributed by atoms with E-state index in [1.807, 2.05) is 0 Å². The monoisotopic (exact) mass is 625 g/mol. The van der Waals surface area contributed by atoms with E-state index in [1.54, 1.807) is 0 Å². The maximum Gasteiger partial charge on any atom is 0.305 e. The second-order valence-corrected chi connectivity index (χ2v) is 13.7. The van der Waals surface area contributed by atoms with Crippen molar-refractivity contribution in [2.45, 2.75) is 219 Å². The molecule has 0 aromatic rings. The van der Waals surface area contributed by atoms with Crippen LogP contribution < -0.4 is 0 Å². The highest BCUT2D eigenvalue weighted by molar-refractivity contribution is 5.69. The van der Waals surface area contributed by atoms with Crippen LogP contribution in [0.3, 0.4) is 0 Å². The quantitative estimate of drug-likeness (QED) is 0.0561. The van der Waals surface area contributed by atoms with Gasteiger partial charge in [-0.1, -0.05) is 188 Å². The van der Waals surface area contributed by atoms with Gasteiger partial charge in [0, 0.05) is 12.8 Å². The number of rotatable bonds is 35. The molecular formula is C39H76O5. The van der Waals surface area contributed by atoms with Crippen molar-refractivity contribution < 1.29 is 24.2 Å². The van der Waals surface area contributed by atoms with Gasteiger partial charge in [0.15, 0.2) is 0 Å². The predicted octanol–water partition coefficient (Wildman–Crippen LogP) is 11.8. The number of carbonyl (C=O) groups excluding carboxylic acids is 2. The van der Waals surface area contributed by atoms with Gasteiger partial charge < -0.3 is 14.6 Å². The van der Waals surface area contributed by atoms with Crippen molar-refractivity contribution in [3.63, 3.8) is 0 Å². The highest BCUT2D eigenvalue weighted by atomic mass is 16.6. The molecule has 0 aromatic heterocycles. The third-order valence-electron chi connectivity index (χ3n) is 9.13. The first kappa shape index (κ1) is 42.9. The van der Waals surface area contributed by atoms with E-state index in [-0.39, 0.29) is 25.2 Å². The summed E-state index contributed by atoms with van der Waals surface area (Å²) in [5, 5.41) is 10.0. The van der Waals surface area contributed by atoms with E-state index in [0.29, 0.717) is 12.8 Å². The molecule has 0 heterocycles. The number of ether oxygens (including phenoxy) is 2. The maximum absolute atomic E-state index is 12.0. The number of carbonyl (C=O) groups is 2. The minimum atomic E-state index is -0.955. The zero-order valence-corrected chi connectivity index (χ0v) is 29.9. The molecule has 0 aliphatic heterocycles. The summed E-state index contributed by atoms with van der Waals surface area (Å²) in [6, 6.07) is 0. The molecule has 0 saturated carbocycles. The molecular weight excluding hydrogens is 548 g/mol. The van der Waals surface area contributed by atoms with Crippen molar-refractivity contribution in [3.05, 3.63) is 0 Å². The van der Waals surface area contributed by atoms with E-state index in [9.17, 15) is 14.7 Å². The minimum absolute atomic E-state index is 0.108. The minimum Gasteiger partial charge on any atom is -0.463 e. The Kier molecular flexibility index (Phi) is 33.9. The summed E-state index contributed by atoms with van der Waals surface area (Å²) < 4.78 is 10.3. The number of hydrogen-bond acceptors (Lipinski definition) is 5. The molecule has 0 aliphatic rings. The fourth-order valence-corrected chi connectivity index (χ4v) is 5.77. The Morgan fingerprint density at radius 1 is 0.477 bits per heavy atom.